The number of alkyl carbamates (subject to hydrolysis) is 1. The molecule has 1 aromatic carbocycles. The van der Waals surface area contributed by atoms with E-state index in [1.807, 2.05) is 44.2 Å². The summed E-state index contributed by atoms with van der Waals surface area (Å²) in [6.07, 6.45) is 0.572. The van der Waals surface area contributed by atoms with Crippen LogP contribution in [0.3, 0.4) is 0 Å². The topological polar surface area (TPSA) is 140 Å². The number of nitrogens with zero attached hydrogens (tertiary/aromatic N) is 1. The van der Waals surface area contributed by atoms with Gasteiger partial charge in [-0.3, -0.25) is 14.5 Å². The maximum Gasteiger partial charge on any atom is 0.410 e. The molecule has 1 aliphatic rings. The van der Waals surface area contributed by atoms with Crippen LogP contribution in [-0.2, 0) is 35.2 Å². The van der Waals surface area contributed by atoms with Crippen molar-refractivity contribution in [2.75, 3.05) is 20.2 Å². The maximum absolute atomic E-state index is 13.3. The number of carbonyl (C=O) groups excluding carboxylic acids is 5. The quantitative estimate of drug-likeness (QED) is 0.204. The van der Waals surface area contributed by atoms with Gasteiger partial charge in [0.25, 0.3) is 0 Å². The average Bonchev–Trinajstić information content (AvgIpc) is 3.41. The van der Waals surface area contributed by atoms with Crippen molar-refractivity contribution in [1.82, 2.24) is 15.5 Å². The van der Waals surface area contributed by atoms with Crippen LogP contribution in [0.2, 0.25) is 0 Å². The monoisotopic (exact) mass is 575 g/mol. The highest BCUT2D eigenvalue weighted by molar-refractivity contribution is 5.93. The number of Topliss-reactive ketones (excluding diaryl/α,β-unsaturated/α-hetero) is 1. The summed E-state index contributed by atoms with van der Waals surface area (Å²) in [5.41, 5.74) is 0.175. The van der Waals surface area contributed by atoms with E-state index >= 15 is 0 Å². The zero-order valence-corrected chi connectivity index (χ0v) is 25.1. The average molecular weight is 576 g/mol. The predicted molar refractivity (Wildman–Crippen MR) is 152 cm³/mol. The number of ether oxygens (including phenoxy) is 3. The van der Waals surface area contributed by atoms with Gasteiger partial charge in [0.1, 0.15) is 18.2 Å². The van der Waals surface area contributed by atoms with E-state index in [1.54, 1.807) is 20.8 Å². The normalized spacial score (nSPS) is 16.5. The molecule has 0 aliphatic carbocycles. The second-order valence-corrected chi connectivity index (χ2v) is 11.6. The summed E-state index contributed by atoms with van der Waals surface area (Å²) in [6.45, 7) is 9.74. The van der Waals surface area contributed by atoms with Crippen LogP contribution >= 0.6 is 0 Å². The third kappa shape index (κ3) is 11.4. The number of benzene rings is 1. The van der Waals surface area contributed by atoms with Crippen LogP contribution in [-0.4, -0.2) is 72.6 Å². The Morgan fingerprint density at radius 3 is 2.37 bits per heavy atom. The Labute approximate surface area is 242 Å². The first-order valence-corrected chi connectivity index (χ1v) is 14.2. The minimum atomic E-state index is -0.948. The third-order valence-electron chi connectivity index (χ3n) is 6.77. The molecule has 0 unspecified atom stereocenters. The highest BCUT2D eigenvalue weighted by Gasteiger charge is 2.39. The molecule has 11 nitrogen and oxygen atoms in total. The fourth-order valence-corrected chi connectivity index (χ4v) is 4.57. The number of methoxy groups -OCH3 is 1. The van der Waals surface area contributed by atoms with Gasteiger partial charge in [-0.05, 0) is 57.9 Å². The molecule has 1 saturated heterocycles. The fourth-order valence-electron chi connectivity index (χ4n) is 4.57. The minimum absolute atomic E-state index is 0.0732. The molecule has 2 rings (SSSR count). The van der Waals surface area contributed by atoms with Gasteiger partial charge in [0, 0.05) is 25.4 Å². The van der Waals surface area contributed by atoms with E-state index < -0.39 is 47.7 Å². The number of esters is 1. The van der Waals surface area contributed by atoms with Crippen molar-refractivity contribution in [1.29, 1.82) is 0 Å². The SMILES string of the molecule is COC(=O)[C@H](CCCNC(=O)OCc1ccccc1)NC(=O)[C@@H](CC(=O)[C@H]1CCCN1C(=O)OC(C)(C)C)C(C)C. The van der Waals surface area contributed by atoms with Crippen molar-refractivity contribution in [2.45, 2.75) is 91.0 Å². The Morgan fingerprint density at radius 2 is 1.76 bits per heavy atom. The lowest BCUT2D eigenvalue weighted by Gasteiger charge is -2.29. The highest BCUT2D eigenvalue weighted by atomic mass is 16.6. The van der Waals surface area contributed by atoms with Crippen LogP contribution in [0.5, 0.6) is 0 Å². The van der Waals surface area contributed by atoms with Crippen molar-refractivity contribution in [3.8, 4) is 0 Å². The van der Waals surface area contributed by atoms with E-state index in [4.69, 9.17) is 14.2 Å². The third-order valence-corrected chi connectivity index (χ3v) is 6.77. The maximum atomic E-state index is 13.3. The van der Waals surface area contributed by atoms with Crippen molar-refractivity contribution in [3.05, 3.63) is 35.9 Å². The van der Waals surface area contributed by atoms with Crippen LogP contribution in [0.1, 0.15) is 72.3 Å². The van der Waals surface area contributed by atoms with E-state index in [0.29, 0.717) is 25.8 Å². The summed E-state index contributed by atoms with van der Waals surface area (Å²) in [4.78, 5) is 65.0. The Balaban J connectivity index is 1.91. The van der Waals surface area contributed by atoms with Crippen LogP contribution in [0.15, 0.2) is 30.3 Å². The van der Waals surface area contributed by atoms with Crippen LogP contribution in [0.25, 0.3) is 0 Å². The standard InChI is InChI=1S/C30H45N3O8/c1-20(2)22(18-25(34)24-15-11-17-33(24)29(38)41-30(3,4)5)26(35)32-23(27(36)39-6)14-10-16-31-28(37)40-19-21-12-8-7-9-13-21/h7-9,12-13,20,22-24H,10-11,14-19H2,1-6H3,(H,31,37)(H,32,35)/t22-,23-,24+/m0/s1. The minimum Gasteiger partial charge on any atom is -0.467 e. The molecule has 0 aromatic heterocycles. The van der Waals surface area contributed by atoms with Crippen molar-refractivity contribution in [2.24, 2.45) is 11.8 Å². The lowest BCUT2D eigenvalue weighted by molar-refractivity contribution is -0.146. The summed E-state index contributed by atoms with van der Waals surface area (Å²) < 4.78 is 15.5. The summed E-state index contributed by atoms with van der Waals surface area (Å²) in [7, 11) is 1.23. The molecule has 0 bridgehead atoms. The van der Waals surface area contributed by atoms with Gasteiger partial charge in [-0.1, -0.05) is 44.2 Å². The number of nitrogens with one attached hydrogen (secondary N) is 2. The van der Waals surface area contributed by atoms with Crippen LogP contribution < -0.4 is 10.6 Å². The van der Waals surface area contributed by atoms with E-state index in [0.717, 1.165) is 5.56 Å². The number of amides is 3. The Bertz CT molecular complexity index is 1040. The van der Waals surface area contributed by atoms with Gasteiger partial charge in [-0.15, -0.1) is 0 Å². The largest absolute Gasteiger partial charge is 0.467 e. The summed E-state index contributed by atoms with van der Waals surface area (Å²) >= 11 is 0. The second-order valence-electron chi connectivity index (χ2n) is 11.6. The molecule has 1 aromatic rings. The number of hydrogen-bond acceptors (Lipinski definition) is 8. The van der Waals surface area contributed by atoms with Gasteiger partial charge >= 0.3 is 18.2 Å². The van der Waals surface area contributed by atoms with Crippen molar-refractivity contribution < 1.29 is 38.2 Å². The van der Waals surface area contributed by atoms with E-state index in [-0.39, 0.29) is 37.7 Å². The Kier molecular flexibility index (Phi) is 13.1. The summed E-state index contributed by atoms with van der Waals surface area (Å²) in [5.74, 6) is -2.18. The number of hydrogen-bond donors (Lipinski definition) is 2. The van der Waals surface area contributed by atoms with Gasteiger partial charge in [-0.25, -0.2) is 14.4 Å². The zero-order valence-electron chi connectivity index (χ0n) is 25.1. The first-order valence-electron chi connectivity index (χ1n) is 14.2. The molecule has 1 aliphatic heterocycles. The van der Waals surface area contributed by atoms with E-state index in [1.165, 1.54) is 12.0 Å². The molecule has 1 fully saturated rings. The van der Waals surface area contributed by atoms with Gasteiger partial charge in [-0.2, -0.15) is 0 Å². The molecule has 228 valence electrons. The van der Waals surface area contributed by atoms with Gasteiger partial charge in [0.05, 0.1) is 13.2 Å². The molecular formula is C30H45N3O8. The molecule has 0 saturated carbocycles. The molecular weight excluding hydrogens is 530 g/mol. The lowest BCUT2D eigenvalue weighted by Crippen LogP contribution is -2.48. The van der Waals surface area contributed by atoms with E-state index in [9.17, 15) is 24.0 Å². The van der Waals surface area contributed by atoms with Gasteiger partial charge in [0.15, 0.2) is 5.78 Å². The summed E-state index contributed by atoms with van der Waals surface area (Å²) in [6, 6.07) is 7.67. The Morgan fingerprint density at radius 1 is 1.07 bits per heavy atom. The first kappa shape index (κ1) is 33.6. The van der Waals surface area contributed by atoms with E-state index in [2.05, 4.69) is 10.6 Å². The molecule has 3 amide bonds. The number of rotatable bonds is 13. The number of carbonyl (C=O) groups is 5. The van der Waals surface area contributed by atoms with Crippen LogP contribution in [0.4, 0.5) is 9.59 Å². The number of ketones is 1. The van der Waals surface area contributed by atoms with Crippen molar-refractivity contribution >= 4 is 29.8 Å². The molecule has 1 heterocycles. The lowest BCUT2D eigenvalue weighted by atomic mass is 9.87. The van der Waals surface area contributed by atoms with Gasteiger partial charge < -0.3 is 24.8 Å². The van der Waals surface area contributed by atoms with Crippen molar-refractivity contribution in [3.63, 3.8) is 0 Å². The molecule has 41 heavy (non-hydrogen) atoms. The molecule has 0 spiro atoms. The summed E-state index contributed by atoms with van der Waals surface area (Å²) in [5, 5.41) is 5.36. The fraction of sp³-hybridized carbons (Fsp3) is 0.633. The molecule has 2 N–H and O–H groups in total. The smallest absolute Gasteiger partial charge is 0.410 e. The molecule has 11 heteroatoms. The zero-order chi connectivity index (χ0) is 30.6. The highest BCUT2D eigenvalue weighted by Crippen LogP contribution is 2.26. The molecule has 3 atom stereocenters. The Hall–Kier alpha value is -3.63. The van der Waals surface area contributed by atoms with Crippen LogP contribution in [0, 0.1) is 11.8 Å². The first-order chi connectivity index (χ1) is 19.3. The predicted octanol–water partition coefficient (Wildman–Crippen LogP) is 3.98. The van der Waals surface area contributed by atoms with Gasteiger partial charge in [0.2, 0.25) is 5.91 Å². The number of likely N-dealkylation sites (tertiary alicyclic amines) is 1. The molecule has 0 radical (unpaired) electrons. The second kappa shape index (κ2) is 16.0.